The standard InChI is InChI=1S/C25H56N8O10P6/c34-14(2-5-27-45)23(39)30-12-10-13(31-48)22(43-25-17(32-49)19(37)18(36)16(42-25)11-29-47)20(38)21(12)41-9-8-33(7-1-4-26-44)24(40)15(35)3-6-28-46/h12-22,25-27,29,31-32,34-38,46H,1-11,44-45,47-49H2,(H,30,39)/t12-,13?,14+,15+,16?,17?,18+,19-,20-,21?,22+,25+/m1/s1. The molecule has 24 heteroatoms. The summed E-state index contributed by atoms with van der Waals surface area (Å²) in [4.78, 5) is 27.6. The monoisotopic (exact) mass is 814 g/mol. The van der Waals surface area contributed by atoms with E-state index in [0.717, 1.165) is 0 Å². The van der Waals surface area contributed by atoms with Gasteiger partial charge in [-0.25, -0.2) is 0 Å². The highest BCUT2D eigenvalue weighted by Crippen LogP contribution is 2.31. The Labute approximate surface area is 301 Å². The fourth-order valence-electron chi connectivity index (χ4n) is 5.72. The van der Waals surface area contributed by atoms with Gasteiger partial charge in [0, 0.05) is 51.7 Å². The zero-order valence-electron chi connectivity index (χ0n) is 27.3. The number of hydrogen-bond acceptors (Lipinski definition) is 16. The number of aliphatic hydroxyl groups excluding tert-OH is 5. The van der Waals surface area contributed by atoms with Crippen LogP contribution in [0.25, 0.3) is 0 Å². The minimum Gasteiger partial charge on any atom is -0.388 e. The van der Waals surface area contributed by atoms with E-state index in [1.54, 1.807) is 0 Å². The zero-order chi connectivity index (χ0) is 36.5. The van der Waals surface area contributed by atoms with Crippen molar-refractivity contribution in [2.45, 2.75) is 98.9 Å². The fourth-order valence-corrected chi connectivity index (χ4v) is 7.13. The molecule has 0 aromatic rings. The predicted molar refractivity (Wildman–Crippen MR) is 202 cm³/mol. The SMILES string of the molecule is O=C(N[C@@H]1CC(NP)[C@H](O[C@@H]2OC(CNP)[C@H](O)[C@H](O)C2NP)[C@H](O)C1OCCN(CCCNP)C(=O)[C@@H](O)CCN=P)[C@@H](O)CCNP. The summed E-state index contributed by atoms with van der Waals surface area (Å²) in [5.74, 6) is -1.14. The van der Waals surface area contributed by atoms with Gasteiger partial charge in [0.1, 0.15) is 48.8 Å². The van der Waals surface area contributed by atoms with E-state index in [-0.39, 0.29) is 45.5 Å². The van der Waals surface area contributed by atoms with Crippen molar-refractivity contribution in [2.75, 3.05) is 45.9 Å². The Balaban J connectivity index is 2.33. The van der Waals surface area contributed by atoms with Crippen molar-refractivity contribution in [1.29, 1.82) is 0 Å². The molecule has 1 saturated carbocycles. The van der Waals surface area contributed by atoms with Crippen molar-refractivity contribution in [3.05, 3.63) is 0 Å². The second kappa shape index (κ2) is 24.9. The van der Waals surface area contributed by atoms with Crippen LogP contribution in [0.1, 0.15) is 25.7 Å². The molecule has 2 amide bonds. The van der Waals surface area contributed by atoms with Crippen LogP contribution in [0, 0.1) is 0 Å². The molecule has 2 fully saturated rings. The Hall–Kier alpha value is 0.670. The number of rotatable bonds is 23. The molecule has 0 aromatic carbocycles. The molecule has 0 radical (unpaired) electrons. The lowest BCUT2D eigenvalue weighted by atomic mass is 9.83. The third-order valence-corrected chi connectivity index (χ3v) is 10.3. The Morgan fingerprint density at radius 3 is 2.22 bits per heavy atom. The lowest BCUT2D eigenvalue weighted by Crippen LogP contribution is -2.68. The van der Waals surface area contributed by atoms with Crippen molar-refractivity contribution >= 4 is 67.8 Å². The molecule has 17 atom stereocenters. The van der Waals surface area contributed by atoms with Gasteiger partial charge in [0.05, 0.1) is 18.7 Å². The molecule has 49 heavy (non-hydrogen) atoms. The van der Waals surface area contributed by atoms with E-state index in [1.807, 2.05) is 0 Å². The summed E-state index contributed by atoms with van der Waals surface area (Å²) in [5.41, 5.74) is 0. The van der Waals surface area contributed by atoms with Gasteiger partial charge < -0.3 is 60.1 Å². The smallest absolute Gasteiger partial charge is 0.251 e. The van der Waals surface area contributed by atoms with Gasteiger partial charge in [-0.3, -0.25) is 29.6 Å². The van der Waals surface area contributed by atoms with E-state index in [1.165, 1.54) is 4.90 Å². The highest BCUT2D eigenvalue weighted by molar-refractivity contribution is 7.14. The van der Waals surface area contributed by atoms with E-state index in [4.69, 9.17) is 14.2 Å². The minimum atomic E-state index is -1.39. The summed E-state index contributed by atoms with van der Waals surface area (Å²) >= 11 is 0. The molecule has 18 nitrogen and oxygen atoms in total. The number of amides is 2. The minimum absolute atomic E-state index is 0.0690. The van der Waals surface area contributed by atoms with E-state index in [2.05, 4.69) is 91.5 Å². The molecule has 2 aliphatic rings. The van der Waals surface area contributed by atoms with Crippen molar-refractivity contribution < 1.29 is 49.3 Å². The number of nitrogens with zero attached hydrogens (tertiary/aromatic N) is 2. The van der Waals surface area contributed by atoms with Crippen molar-refractivity contribution in [3.8, 4) is 0 Å². The molecule has 1 aliphatic heterocycles. The molecule has 11 N–H and O–H groups in total. The van der Waals surface area contributed by atoms with Crippen LogP contribution >= 0.6 is 56.0 Å². The van der Waals surface area contributed by atoms with Crippen LogP contribution < -0.4 is 30.8 Å². The second-order valence-electron chi connectivity index (χ2n) is 11.8. The van der Waals surface area contributed by atoms with Crippen molar-refractivity contribution in [2.24, 2.45) is 4.74 Å². The number of aliphatic hydroxyl groups is 5. The van der Waals surface area contributed by atoms with E-state index >= 15 is 0 Å². The lowest BCUT2D eigenvalue weighted by Gasteiger charge is -2.48. The van der Waals surface area contributed by atoms with Crippen LogP contribution in [-0.4, -0.2) is 161 Å². The molecule has 1 saturated heterocycles. The van der Waals surface area contributed by atoms with Gasteiger partial charge in [0.2, 0.25) is 5.91 Å². The van der Waals surface area contributed by atoms with E-state index < -0.39 is 85.1 Å². The summed E-state index contributed by atoms with van der Waals surface area (Å²) in [6, 6.07) is -2.30. The highest BCUT2D eigenvalue weighted by Gasteiger charge is 2.51. The molecule has 1 heterocycles. The molecule has 9 unspecified atom stereocenters. The number of hydrogen-bond donors (Lipinski definition) is 11. The Bertz CT molecular complexity index is 993. The first kappa shape index (κ1) is 45.8. The van der Waals surface area contributed by atoms with Crippen molar-refractivity contribution in [3.63, 3.8) is 0 Å². The number of nitrogens with one attached hydrogen (secondary N) is 6. The van der Waals surface area contributed by atoms with Gasteiger partial charge in [-0.15, -0.1) is 0 Å². The highest BCUT2D eigenvalue weighted by atomic mass is 31.0. The fraction of sp³-hybridized carbons (Fsp3) is 0.920. The van der Waals surface area contributed by atoms with Crippen LogP contribution in [0.2, 0.25) is 0 Å². The molecule has 1 aliphatic carbocycles. The molecule has 286 valence electrons. The third kappa shape index (κ3) is 14.1. The van der Waals surface area contributed by atoms with Crippen LogP contribution in [0.15, 0.2) is 4.74 Å². The summed E-state index contributed by atoms with van der Waals surface area (Å²) < 4.78 is 22.3. The third-order valence-electron chi connectivity index (χ3n) is 8.42. The van der Waals surface area contributed by atoms with E-state index in [0.29, 0.717) is 26.1 Å². The first-order chi connectivity index (χ1) is 23.5. The Morgan fingerprint density at radius 2 is 1.61 bits per heavy atom. The Morgan fingerprint density at radius 1 is 0.898 bits per heavy atom. The Kier molecular flexibility index (Phi) is 23.3. The number of carbonyl (C=O) groups excluding carboxylic acids is 2. The molecule has 0 aromatic heterocycles. The van der Waals surface area contributed by atoms with Gasteiger partial charge in [-0.05, 0) is 28.3 Å². The summed E-state index contributed by atoms with van der Waals surface area (Å²) in [6.45, 7) is 1.71. The maximum Gasteiger partial charge on any atom is 0.251 e. The van der Waals surface area contributed by atoms with Crippen LogP contribution in [0.5, 0.6) is 0 Å². The summed E-state index contributed by atoms with van der Waals surface area (Å²) in [5, 5.41) is 71.4. The molecule has 0 spiro atoms. The first-order valence-electron chi connectivity index (χ1n) is 16.0. The van der Waals surface area contributed by atoms with Gasteiger partial charge in [-0.2, -0.15) is 0 Å². The van der Waals surface area contributed by atoms with Crippen molar-refractivity contribution in [1.82, 2.24) is 35.7 Å². The normalized spacial score (nSPS) is 31.6. The van der Waals surface area contributed by atoms with Crippen LogP contribution in [-0.2, 0) is 23.8 Å². The average Bonchev–Trinajstić information content (AvgIpc) is 3.09. The van der Waals surface area contributed by atoms with Gasteiger partial charge >= 0.3 is 0 Å². The van der Waals surface area contributed by atoms with Crippen LogP contribution in [0.4, 0.5) is 0 Å². The number of carbonyl (C=O) groups is 2. The molecular weight excluding hydrogens is 758 g/mol. The summed E-state index contributed by atoms with van der Waals surface area (Å²) in [7, 11) is 14.6. The largest absolute Gasteiger partial charge is 0.388 e. The quantitative estimate of drug-likeness (QED) is 0.0349. The molecule has 2 rings (SSSR count). The second-order valence-corrected chi connectivity index (χ2v) is 14.0. The lowest BCUT2D eigenvalue weighted by molar-refractivity contribution is -0.292. The molecule has 0 bridgehead atoms. The number of ether oxygens (including phenoxy) is 3. The topological polar surface area (TPSA) is 251 Å². The van der Waals surface area contributed by atoms with Gasteiger partial charge in [0.25, 0.3) is 5.91 Å². The maximum atomic E-state index is 13.1. The zero-order valence-corrected chi connectivity index (χ0v) is 34.0. The van der Waals surface area contributed by atoms with E-state index in [9.17, 15) is 35.1 Å². The maximum absolute atomic E-state index is 13.1. The van der Waals surface area contributed by atoms with Gasteiger partial charge in [-0.1, -0.05) is 47.0 Å². The van der Waals surface area contributed by atoms with Crippen LogP contribution in [0.3, 0.4) is 0 Å². The predicted octanol–water partition coefficient (Wildman–Crippen LogP) is -3.86. The van der Waals surface area contributed by atoms with Gasteiger partial charge in [0.15, 0.2) is 6.29 Å². The summed E-state index contributed by atoms with van der Waals surface area (Å²) in [6.07, 6.45) is -9.51. The first-order valence-corrected chi connectivity index (χ1v) is 19.3. The average molecular weight is 815 g/mol. The molecular formula is C25H56N8O10P6.